The van der Waals surface area contributed by atoms with E-state index in [1.165, 1.54) is 0 Å². The van der Waals surface area contributed by atoms with Gasteiger partial charge in [0.05, 0.1) is 18.1 Å². The number of imide groups is 1. The van der Waals surface area contributed by atoms with Gasteiger partial charge in [-0.25, -0.2) is 4.79 Å². The van der Waals surface area contributed by atoms with Gasteiger partial charge in [-0.1, -0.05) is 39.3 Å². The lowest BCUT2D eigenvalue weighted by Crippen LogP contribution is -2.66. The van der Waals surface area contributed by atoms with Gasteiger partial charge in [0.1, 0.15) is 5.75 Å². The van der Waals surface area contributed by atoms with Gasteiger partial charge in [-0.3, -0.25) is 14.9 Å². The summed E-state index contributed by atoms with van der Waals surface area (Å²) < 4.78 is 5.94. The average molecular weight is 430 g/mol. The highest BCUT2D eigenvalue weighted by molar-refractivity contribution is 6.00. The largest absolute Gasteiger partial charge is 0.493 e. The first-order chi connectivity index (χ1) is 14.6. The van der Waals surface area contributed by atoms with Crippen LogP contribution in [-0.2, 0) is 9.59 Å². The van der Waals surface area contributed by atoms with Crippen molar-refractivity contribution in [1.29, 1.82) is 0 Å². The van der Waals surface area contributed by atoms with Gasteiger partial charge < -0.3 is 15.0 Å². The minimum Gasteiger partial charge on any atom is -0.493 e. The van der Waals surface area contributed by atoms with Crippen molar-refractivity contribution in [2.24, 2.45) is 11.3 Å². The van der Waals surface area contributed by atoms with Crippen LogP contribution in [0, 0.1) is 25.2 Å². The number of carbonyl (C=O) groups excluding carboxylic acids is 3. The van der Waals surface area contributed by atoms with E-state index in [0.717, 1.165) is 29.7 Å². The number of fused-ring (bicyclic) bond motifs is 1. The molecule has 0 radical (unpaired) electrons. The molecule has 2 aliphatic heterocycles. The van der Waals surface area contributed by atoms with Gasteiger partial charge in [0.2, 0.25) is 11.8 Å². The molecule has 2 N–H and O–H groups in total. The topological polar surface area (TPSA) is 87.7 Å². The summed E-state index contributed by atoms with van der Waals surface area (Å²) in [7, 11) is 0. The summed E-state index contributed by atoms with van der Waals surface area (Å²) in [6, 6.07) is 5.67. The maximum absolute atomic E-state index is 13.3. The van der Waals surface area contributed by atoms with Crippen molar-refractivity contribution in [2.75, 3.05) is 19.7 Å². The zero-order valence-corrected chi connectivity index (χ0v) is 19.3. The van der Waals surface area contributed by atoms with Crippen LogP contribution >= 0.6 is 0 Å². The molecule has 4 amide bonds. The molecule has 1 aromatic carbocycles. The standard InChI is InChI=1S/C24H35N3O4/c1-6-10-24-15-27(14-18(24)20(28)25-22(30)26-24)21(29)23(4,5)11-7-12-31-19-13-16(2)8-9-17(19)3/h8-9,13,18H,6-7,10-12,14-15H2,1-5H3,(H2,25,26,28,30). The molecule has 2 saturated heterocycles. The van der Waals surface area contributed by atoms with Crippen molar-refractivity contribution in [3.05, 3.63) is 29.3 Å². The summed E-state index contributed by atoms with van der Waals surface area (Å²) in [4.78, 5) is 39.5. The quantitative estimate of drug-likeness (QED) is 0.621. The van der Waals surface area contributed by atoms with Crippen LogP contribution < -0.4 is 15.4 Å². The van der Waals surface area contributed by atoms with E-state index in [4.69, 9.17) is 4.74 Å². The SMILES string of the molecule is CCCC12CN(C(=O)C(C)(C)CCCOc3cc(C)ccc3C)CC1C(=O)NC(=O)N2. The number of amides is 4. The summed E-state index contributed by atoms with van der Waals surface area (Å²) in [6.45, 7) is 11.2. The molecule has 7 nitrogen and oxygen atoms in total. The predicted molar refractivity (Wildman–Crippen MR) is 119 cm³/mol. The molecule has 0 spiro atoms. The van der Waals surface area contributed by atoms with Gasteiger partial charge in [-0.2, -0.15) is 0 Å². The fourth-order valence-corrected chi connectivity index (χ4v) is 4.84. The number of ether oxygens (including phenoxy) is 1. The molecule has 0 aliphatic carbocycles. The second kappa shape index (κ2) is 8.89. The highest BCUT2D eigenvalue weighted by atomic mass is 16.5. The number of urea groups is 1. The zero-order valence-electron chi connectivity index (χ0n) is 19.3. The molecule has 1 aromatic rings. The number of hydrogen-bond acceptors (Lipinski definition) is 4. The maximum atomic E-state index is 13.3. The molecule has 0 aromatic heterocycles. The van der Waals surface area contributed by atoms with Gasteiger partial charge >= 0.3 is 6.03 Å². The van der Waals surface area contributed by atoms with Gasteiger partial charge in [0.25, 0.3) is 0 Å². The Hall–Kier alpha value is -2.57. The first kappa shape index (κ1) is 23.1. The summed E-state index contributed by atoms with van der Waals surface area (Å²) in [5.41, 5.74) is 1.02. The minimum absolute atomic E-state index is 0.0196. The van der Waals surface area contributed by atoms with Crippen LogP contribution in [0.2, 0.25) is 0 Å². The molecular weight excluding hydrogens is 394 g/mol. The number of carbonyl (C=O) groups is 3. The summed E-state index contributed by atoms with van der Waals surface area (Å²) in [5, 5.41) is 5.31. The number of aryl methyl sites for hydroxylation is 2. The van der Waals surface area contributed by atoms with E-state index < -0.39 is 22.9 Å². The third kappa shape index (κ3) is 4.86. The Labute approximate surface area is 184 Å². The minimum atomic E-state index is -0.661. The van der Waals surface area contributed by atoms with Crippen LogP contribution in [0.15, 0.2) is 18.2 Å². The number of rotatable bonds is 8. The van der Waals surface area contributed by atoms with Gasteiger partial charge in [0, 0.05) is 18.5 Å². The molecule has 2 atom stereocenters. The van der Waals surface area contributed by atoms with Crippen LogP contribution in [0.1, 0.15) is 57.6 Å². The molecule has 2 unspecified atom stereocenters. The predicted octanol–water partition coefficient (Wildman–Crippen LogP) is 3.33. The Balaban J connectivity index is 1.60. The Morgan fingerprint density at radius 1 is 1.29 bits per heavy atom. The van der Waals surface area contributed by atoms with Gasteiger partial charge in [0.15, 0.2) is 0 Å². The lowest BCUT2D eigenvalue weighted by atomic mass is 9.81. The normalized spacial score (nSPS) is 23.3. The molecule has 2 heterocycles. The van der Waals surface area contributed by atoms with Crippen LogP contribution in [0.5, 0.6) is 5.75 Å². The fourth-order valence-electron chi connectivity index (χ4n) is 4.84. The lowest BCUT2D eigenvalue weighted by molar-refractivity contribution is -0.140. The highest BCUT2D eigenvalue weighted by Gasteiger charge is 2.55. The number of nitrogens with zero attached hydrogens (tertiary/aromatic N) is 1. The Morgan fingerprint density at radius 2 is 2.03 bits per heavy atom. The zero-order chi connectivity index (χ0) is 22.8. The Kier molecular flexibility index (Phi) is 6.62. The number of benzene rings is 1. The third-order valence-electron chi connectivity index (χ3n) is 6.57. The summed E-state index contributed by atoms with van der Waals surface area (Å²) >= 11 is 0. The van der Waals surface area contributed by atoms with Crippen LogP contribution in [0.4, 0.5) is 4.79 Å². The Morgan fingerprint density at radius 3 is 2.74 bits per heavy atom. The Bertz CT molecular complexity index is 866. The first-order valence-electron chi connectivity index (χ1n) is 11.2. The van der Waals surface area contributed by atoms with Gasteiger partial charge in [-0.05, 0) is 50.3 Å². The molecule has 2 fully saturated rings. The fraction of sp³-hybridized carbons (Fsp3) is 0.625. The van der Waals surface area contributed by atoms with Gasteiger partial charge in [-0.15, -0.1) is 0 Å². The summed E-state index contributed by atoms with van der Waals surface area (Å²) in [5.74, 6) is 0.215. The van der Waals surface area contributed by atoms with E-state index in [1.807, 2.05) is 46.8 Å². The number of nitrogens with one attached hydrogen (secondary N) is 2. The van der Waals surface area contributed by atoms with E-state index in [0.29, 0.717) is 32.5 Å². The third-order valence-corrected chi connectivity index (χ3v) is 6.57. The molecule has 170 valence electrons. The second-order valence-electron chi connectivity index (χ2n) is 9.69. The molecular formula is C24H35N3O4. The highest BCUT2D eigenvalue weighted by Crippen LogP contribution is 2.37. The average Bonchev–Trinajstić information content (AvgIpc) is 3.07. The number of likely N-dealkylation sites (tertiary alicyclic amines) is 1. The number of hydrogen-bond donors (Lipinski definition) is 2. The van der Waals surface area contributed by atoms with Crippen LogP contribution in [0.25, 0.3) is 0 Å². The van der Waals surface area contributed by atoms with Crippen LogP contribution in [0.3, 0.4) is 0 Å². The molecule has 0 bridgehead atoms. The molecule has 7 heteroatoms. The van der Waals surface area contributed by atoms with Crippen molar-refractivity contribution in [1.82, 2.24) is 15.5 Å². The maximum Gasteiger partial charge on any atom is 0.321 e. The molecule has 2 aliphatic rings. The van der Waals surface area contributed by atoms with Crippen LogP contribution in [-0.4, -0.2) is 48.0 Å². The van der Waals surface area contributed by atoms with Crippen molar-refractivity contribution < 1.29 is 19.1 Å². The van der Waals surface area contributed by atoms with E-state index in [2.05, 4.69) is 16.7 Å². The molecule has 3 rings (SSSR count). The lowest BCUT2D eigenvalue weighted by Gasteiger charge is -2.38. The van der Waals surface area contributed by atoms with E-state index >= 15 is 0 Å². The van der Waals surface area contributed by atoms with E-state index in [-0.39, 0.29) is 11.8 Å². The molecule has 0 saturated carbocycles. The molecule has 31 heavy (non-hydrogen) atoms. The van der Waals surface area contributed by atoms with Crippen molar-refractivity contribution in [3.8, 4) is 5.75 Å². The smallest absolute Gasteiger partial charge is 0.321 e. The first-order valence-corrected chi connectivity index (χ1v) is 11.2. The second-order valence-corrected chi connectivity index (χ2v) is 9.69. The summed E-state index contributed by atoms with van der Waals surface area (Å²) in [6.07, 6.45) is 2.92. The van der Waals surface area contributed by atoms with E-state index in [1.54, 1.807) is 4.90 Å². The van der Waals surface area contributed by atoms with E-state index in [9.17, 15) is 14.4 Å². The van der Waals surface area contributed by atoms with Crippen molar-refractivity contribution in [2.45, 2.75) is 65.8 Å². The van der Waals surface area contributed by atoms with Crippen molar-refractivity contribution >= 4 is 17.8 Å². The van der Waals surface area contributed by atoms with Crippen molar-refractivity contribution in [3.63, 3.8) is 0 Å². The monoisotopic (exact) mass is 429 g/mol.